The number of rotatable bonds is 7. The fourth-order valence-electron chi connectivity index (χ4n) is 4.61. The van der Waals surface area contributed by atoms with Crippen molar-refractivity contribution in [3.63, 3.8) is 0 Å². The van der Waals surface area contributed by atoms with E-state index in [0.29, 0.717) is 60.4 Å². The fraction of sp³-hybridized carbons (Fsp3) is 0.500. The molecule has 1 aliphatic rings. The molecular formula is C28H38N2O7. The summed E-state index contributed by atoms with van der Waals surface area (Å²) in [5, 5.41) is 1.34. The van der Waals surface area contributed by atoms with E-state index in [1.54, 1.807) is 24.3 Å². The Bertz CT molecular complexity index is 1120. The van der Waals surface area contributed by atoms with Crippen molar-refractivity contribution in [3.8, 4) is 28.7 Å². The molecule has 1 atom stereocenters. The van der Waals surface area contributed by atoms with Crippen LogP contribution in [-0.4, -0.2) is 50.5 Å². The molecule has 9 heteroatoms. The zero-order valence-corrected chi connectivity index (χ0v) is 23.0. The molecule has 2 aromatic carbocycles. The van der Waals surface area contributed by atoms with Crippen LogP contribution >= 0.6 is 0 Å². The number of nitrogens with zero attached hydrogens (tertiary/aromatic N) is 1. The van der Waals surface area contributed by atoms with E-state index in [1.165, 1.54) is 19.2 Å². The molecule has 202 valence electrons. The summed E-state index contributed by atoms with van der Waals surface area (Å²) in [5.41, 5.74) is 4.18. The van der Waals surface area contributed by atoms with Crippen molar-refractivity contribution in [2.45, 2.75) is 60.4 Å². The second-order valence-corrected chi connectivity index (χ2v) is 9.89. The van der Waals surface area contributed by atoms with Gasteiger partial charge in [0.05, 0.1) is 20.3 Å². The monoisotopic (exact) mass is 514 g/mol. The molecule has 9 nitrogen and oxygen atoms in total. The van der Waals surface area contributed by atoms with Gasteiger partial charge in [0.1, 0.15) is 30.5 Å². The second-order valence-electron chi connectivity index (χ2n) is 9.89. The minimum atomic E-state index is -0.784. The molecule has 0 aliphatic carbocycles. The molecule has 1 unspecified atom stereocenters. The molecule has 1 N–H and O–H groups in total. The van der Waals surface area contributed by atoms with E-state index in [-0.39, 0.29) is 11.5 Å². The molecule has 0 radical (unpaired) electrons. The van der Waals surface area contributed by atoms with Gasteiger partial charge in [-0.3, -0.25) is 4.79 Å². The van der Waals surface area contributed by atoms with Crippen LogP contribution < -0.4 is 29.1 Å². The Kier molecular flexibility index (Phi) is 8.78. The number of methoxy groups -OCH3 is 2. The molecular weight excluding hydrogens is 476 g/mol. The summed E-state index contributed by atoms with van der Waals surface area (Å²) in [6, 6.07) is 6.34. The number of hydrazine groups is 1. The van der Waals surface area contributed by atoms with Crippen LogP contribution in [0.15, 0.2) is 24.3 Å². The molecule has 1 aliphatic heterocycles. The fourth-order valence-corrected chi connectivity index (χ4v) is 4.61. The summed E-state index contributed by atoms with van der Waals surface area (Å²) >= 11 is 0. The number of fused-ring (bicyclic) bond motifs is 1. The van der Waals surface area contributed by atoms with Crippen molar-refractivity contribution in [1.29, 1.82) is 0 Å². The van der Waals surface area contributed by atoms with Crippen molar-refractivity contribution in [1.82, 2.24) is 10.4 Å². The zero-order chi connectivity index (χ0) is 27.3. The predicted octanol–water partition coefficient (Wildman–Crippen LogP) is 5.32. The molecule has 0 bridgehead atoms. The van der Waals surface area contributed by atoms with Gasteiger partial charge >= 0.3 is 6.09 Å². The number of carbonyl (C=O) groups excluding carboxylic acids is 2. The summed E-state index contributed by atoms with van der Waals surface area (Å²) in [5.74, 6) is 2.16. The quantitative estimate of drug-likeness (QED) is 0.500. The van der Waals surface area contributed by atoms with Gasteiger partial charge in [0.25, 0.3) is 5.91 Å². The van der Waals surface area contributed by atoms with Crippen molar-refractivity contribution in [3.05, 3.63) is 41.0 Å². The van der Waals surface area contributed by atoms with E-state index in [9.17, 15) is 9.59 Å². The predicted molar refractivity (Wildman–Crippen MR) is 140 cm³/mol. The van der Waals surface area contributed by atoms with Crippen molar-refractivity contribution >= 4 is 12.0 Å². The van der Waals surface area contributed by atoms with E-state index >= 15 is 0 Å². The van der Waals surface area contributed by atoms with Gasteiger partial charge in [-0.25, -0.2) is 15.2 Å². The van der Waals surface area contributed by atoms with E-state index < -0.39 is 12.0 Å². The van der Waals surface area contributed by atoms with E-state index in [1.807, 2.05) is 41.5 Å². The molecule has 0 saturated carbocycles. The number of ether oxygens (including phenoxy) is 5. The molecule has 2 amide bonds. The molecule has 3 rings (SSSR count). The van der Waals surface area contributed by atoms with Crippen LogP contribution in [0, 0.1) is 12.3 Å². The Hall–Kier alpha value is -3.62. The van der Waals surface area contributed by atoms with Crippen molar-refractivity contribution in [2.24, 2.45) is 5.41 Å². The van der Waals surface area contributed by atoms with Crippen LogP contribution in [0.5, 0.6) is 28.7 Å². The number of benzene rings is 2. The normalized spacial score (nSPS) is 13.4. The largest absolute Gasteiger partial charge is 0.496 e. The number of amides is 2. The van der Waals surface area contributed by atoms with Gasteiger partial charge in [-0.15, -0.1) is 0 Å². The zero-order valence-electron chi connectivity index (χ0n) is 23.0. The minimum Gasteiger partial charge on any atom is -0.496 e. The second kappa shape index (κ2) is 11.6. The smallest absolute Gasteiger partial charge is 0.431 e. The maximum atomic E-state index is 13.9. The van der Waals surface area contributed by atoms with Gasteiger partial charge in [-0.2, -0.15) is 0 Å². The number of nitrogens with one attached hydrogen (secondary N) is 1. The SMILES string of the molecule is CCc1c(OC(=O)NN(C(=O)c2cc(OC)c(C)c(OC)c2)C(CC)C(C)(C)C)ccc2c1OCCO2. The first-order valence-electron chi connectivity index (χ1n) is 12.5. The maximum Gasteiger partial charge on any atom is 0.431 e. The lowest BCUT2D eigenvalue weighted by Gasteiger charge is -2.39. The Morgan fingerprint density at radius 3 is 2.19 bits per heavy atom. The van der Waals surface area contributed by atoms with E-state index in [2.05, 4.69) is 5.43 Å². The Labute approximate surface area is 218 Å². The van der Waals surface area contributed by atoms with Crippen molar-refractivity contribution in [2.75, 3.05) is 27.4 Å². The first kappa shape index (κ1) is 28.0. The van der Waals surface area contributed by atoms with Crippen LogP contribution in [0.2, 0.25) is 0 Å². The average Bonchev–Trinajstić information content (AvgIpc) is 2.87. The van der Waals surface area contributed by atoms with E-state index in [4.69, 9.17) is 23.7 Å². The summed E-state index contributed by atoms with van der Waals surface area (Å²) in [7, 11) is 3.07. The Balaban J connectivity index is 1.95. The third kappa shape index (κ3) is 6.03. The lowest BCUT2D eigenvalue weighted by molar-refractivity contribution is 0.0324. The van der Waals surface area contributed by atoms with E-state index in [0.717, 1.165) is 11.1 Å². The van der Waals surface area contributed by atoms with Gasteiger partial charge < -0.3 is 23.7 Å². The lowest BCUT2D eigenvalue weighted by atomic mass is 9.84. The van der Waals surface area contributed by atoms with Crippen LogP contribution in [-0.2, 0) is 6.42 Å². The van der Waals surface area contributed by atoms with Crippen LogP contribution in [0.4, 0.5) is 4.79 Å². The molecule has 0 aromatic heterocycles. The maximum absolute atomic E-state index is 13.9. The third-order valence-electron chi connectivity index (χ3n) is 6.45. The topological polar surface area (TPSA) is 95.6 Å². The highest BCUT2D eigenvalue weighted by molar-refractivity contribution is 5.96. The van der Waals surface area contributed by atoms with Gasteiger partial charge in [0.15, 0.2) is 11.5 Å². The molecule has 1 heterocycles. The summed E-state index contributed by atoms with van der Waals surface area (Å²) in [6.45, 7) is 12.7. The van der Waals surface area contributed by atoms with Crippen LogP contribution in [0.3, 0.4) is 0 Å². The standard InChI is InChI=1S/C28H38N2O7/c1-9-19-20(11-12-21-25(19)36-14-13-35-21)37-27(32)29-30(24(10-2)28(4,5)6)26(31)18-15-22(33-7)17(3)23(16-18)34-8/h11-12,15-16,24H,9-10,13-14H2,1-8H3,(H,29,32). The third-order valence-corrected chi connectivity index (χ3v) is 6.45. The highest BCUT2D eigenvalue weighted by Gasteiger charge is 2.35. The van der Waals surface area contributed by atoms with Gasteiger partial charge in [0, 0.05) is 16.7 Å². The molecule has 37 heavy (non-hydrogen) atoms. The molecule has 0 spiro atoms. The summed E-state index contributed by atoms with van der Waals surface area (Å²) < 4.78 is 28.0. The van der Waals surface area contributed by atoms with Crippen LogP contribution in [0.25, 0.3) is 0 Å². The first-order valence-corrected chi connectivity index (χ1v) is 12.5. The number of hydrogen-bond donors (Lipinski definition) is 1. The van der Waals surface area contributed by atoms with Gasteiger partial charge in [-0.1, -0.05) is 34.6 Å². The summed E-state index contributed by atoms with van der Waals surface area (Å²) in [4.78, 5) is 27.0. The first-order chi connectivity index (χ1) is 17.5. The van der Waals surface area contributed by atoms with Crippen LogP contribution in [0.1, 0.15) is 62.5 Å². The highest BCUT2D eigenvalue weighted by Crippen LogP contribution is 2.40. The number of hydrogen-bond acceptors (Lipinski definition) is 7. The highest BCUT2D eigenvalue weighted by atomic mass is 16.6. The molecule has 2 aromatic rings. The molecule has 0 saturated heterocycles. The number of carbonyl (C=O) groups is 2. The summed E-state index contributed by atoms with van der Waals surface area (Å²) in [6.07, 6.45) is 0.383. The Morgan fingerprint density at radius 2 is 1.65 bits per heavy atom. The lowest BCUT2D eigenvalue weighted by Crippen LogP contribution is -2.56. The molecule has 0 fully saturated rings. The van der Waals surface area contributed by atoms with Gasteiger partial charge in [-0.05, 0) is 49.4 Å². The van der Waals surface area contributed by atoms with Gasteiger partial charge in [0.2, 0.25) is 0 Å². The average molecular weight is 515 g/mol. The Morgan fingerprint density at radius 1 is 1.03 bits per heavy atom. The minimum absolute atomic E-state index is 0.316. The van der Waals surface area contributed by atoms with Crippen molar-refractivity contribution < 1.29 is 33.3 Å².